The van der Waals surface area contributed by atoms with Gasteiger partial charge in [-0.05, 0) is 12.2 Å². The van der Waals surface area contributed by atoms with Crippen LogP contribution in [0.5, 0.6) is 0 Å². The third kappa shape index (κ3) is 0.887. The molecule has 1 unspecified atom stereocenters. The van der Waals surface area contributed by atoms with Crippen LogP contribution in [0.1, 0.15) is 0 Å². The maximum Gasteiger partial charge on any atom is 0.262 e. The van der Waals surface area contributed by atoms with Gasteiger partial charge in [-0.2, -0.15) is 0 Å². The van der Waals surface area contributed by atoms with Crippen molar-refractivity contribution in [3.63, 3.8) is 0 Å². The van der Waals surface area contributed by atoms with Gasteiger partial charge in [-0.15, -0.1) is 0 Å². The minimum Gasteiger partial charge on any atom is -0.401 e. The van der Waals surface area contributed by atoms with Gasteiger partial charge in [0.15, 0.2) is 0 Å². The first-order valence-electron chi connectivity index (χ1n) is 3.57. The lowest BCUT2D eigenvalue weighted by atomic mass is 9.94. The molecule has 60 valence electrons. The molecule has 1 atom stereocenters. The number of amides is 1. The van der Waals surface area contributed by atoms with Crippen LogP contribution in [0.25, 0.3) is 0 Å². The smallest absolute Gasteiger partial charge is 0.262 e. The van der Waals surface area contributed by atoms with Crippen molar-refractivity contribution in [3.8, 4) is 0 Å². The van der Waals surface area contributed by atoms with Crippen molar-refractivity contribution >= 4 is 18.0 Å². The lowest BCUT2D eigenvalue weighted by Gasteiger charge is -2.18. The first-order valence-corrected chi connectivity index (χ1v) is 3.57. The largest absolute Gasteiger partial charge is 0.401 e. The molecule has 2 rings (SSSR count). The van der Waals surface area contributed by atoms with Crippen molar-refractivity contribution in [2.45, 2.75) is 0 Å². The van der Waals surface area contributed by atoms with Gasteiger partial charge in [0.1, 0.15) is 12.3 Å². The molecule has 2 aliphatic rings. The Balaban J connectivity index is 2.47. The molecule has 12 heavy (non-hydrogen) atoms. The second-order valence-corrected chi connectivity index (χ2v) is 2.60. The summed E-state index contributed by atoms with van der Waals surface area (Å²) in [7, 11) is 0. The molecule has 0 aromatic carbocycles. The highest BCUT2D eigenvalue weighted by Crippen LogP contribution is 2.17. The molecule has 0 saturated heterocycles. The maximum atomic E-state index is 11.2. The topological polar surface area (TPSA) is 67.8 Å². The second-order valence-electron chi connectivity index (χ2n) is 2.60. The van der Waals surface area contributed by atoms with Crippen molar-refractivity contribution in [1.82, 2.24) is 0 Å². The number of nitrogens with two attached hydrogens (primary N) is 1. The Morgan fingerprint density at radius 2 is 2.33 bits per heavy atom. The van der Waals surface area contributed by atoms with Crippen molar-refractivity contribution in [2.24, 2.45) is 21.6 Å². The molecule has 2 N–H and O–H groups in total. The number of nitrogens with zero attached hydrogens (tertiary/aromatic N) is 2. The van der Waals surface area contributed by atoms with Crippen LogP contribution >= 0.6 is 0 Å². The van der Waals surface area contributed by atoms with E-state index in [0.29, 0.717) is 11.4 Å². The van der Waals surface area contributed by atoms with Crippen LogP contribution in [0.3, 0.4) is 0 Å². The fourth-order valence-electron chi connectivity index (χ4n) is 1.23. The van der Waals surface area contributed by atoms with Crippen LogP contribution in [0.2, 0.25) is 0 Å². The van der Waals surface area contributed by atoms with E-state index in [2.05, 4.69) is 9.98 Å². The van der Waals surface area contributed by atoms with E-state index in [4.69, 9.17) is 5.73 Å². The van der Waals surface area contributed by atoms with Gasteiger partial charge in [-0.3, -0.25) is 4.79 Å². The molecule has 0 aromatic heterocycles. The van der Waals surface area contributed by atoms with Gasteiger partial charge in [0.05, 0.1) is 5.71 Å². The summed E-state index contributed by atoms with van der Waals surface area (Å²) in [6.07, 6.45) is 6.50. The van der Waals surface area contributed by atoms with Crippen LogP contribution in [-0.2, 0) is 4.79 Å². The third-order valence-electron chi connectivity index (χ3n) is 1.82. The predicted molar refractivity (Wildman–Crippen MR) is 45.8 cm³/mol. The summed E-state index contributed by atoms with van der Waals surface area (Å²) in [5.74, 6) is -0.682. The average molecular weight is 161 g/mol. The Morgan fingerprint density at radius 3 is 3.08 bits per heavy atom. The summed E-state index contributed by atoms with van der Waals surface area (Å²) < 4.78 is 0. The molecule has 1 amide bonds. The van der Waals surface area contributed by atoms with Crippen molar-refractivity contribution in [3.05, 3.63) is 23.9 Å². The fourth-order valence-corrected chi connectivity index (χ4v) is 1.23. The van der Waals surface area contributed by atoms with E-state index in [0.717, 1.165) is 0 Å². The van der Waals surface area contributed by atoms with E-state index in [1.165, 1.54) is 6.34 Å². The van der Waals surface area contributed by atoms with Crippen molar-refractivity contribution in [2.75, 3.05) is 0 Å². The molecule has 0 saturated carbocycles. The summed E-state index contributed by atoms with van der Waals surface area (Å²) in [5.41, 5.74) is 6.80. The molecule has 0 aromatic rings. The minimum atomic E-state index is -0.444. The molecular weight excluding hydrogens is 154 g/mol. The van der Waals surface area contributed by atoms with Gasteiger partial charge in [0.2, 0.25) is 0 Å². The van der Waals surface area contributed by atoms with Crippen LogP contribution in [0.15, 0.2) is 33.9 Å². The van der Waals surface area contributed by atoms with Crippen LogP contribution in [-0.4, -0.2) is 18.0 Å². The van der Waals surface area contributed by atoms with Gasteiger partial charge in [0, 0.05) is 5.70 Å². The second kappa shape index (κ2) is 2.41. The number of fused-ring (bicyclic) bond motifs is 1. The van der Waals surface area contributed by atoms with Gasteiger partial charge in [-0.1, -0.05) is 6.08 Å². The third-order valence-corrected chi connectivity index (χ3v) is 1.82. The van der Waals surface area contributed by atoms with Gasteiger partial charge in [-0.25, -0.2) is 9.98 Å². The van der Waals surface area contributed by atoms with E-state index in [1.807, 2.05) is 0 Å². The molecule has 1 heterocycles. The monoisotopic (exact) mass is 161 g/mol. The fraction of sp³-hybridized carbons (Fsp3) is 0.125. The Hall–Kier alpha value is -1.71. The van der Waals surface area contributed by atoms with Crippen LogP contribution in [0, 0.1) is 5.92 Å². The van der Waals surface area contributed by atoms with Crippen LogP contribution < -0.4 is 5.73 Å². The summed E-state index contributed by atoms with van der Waals surface area (Å²) in [6, 6.07) is 0. The highest BCUT2D eigenvalue weighted by Gasteiger charge is 2.28. The maximum absolute atomic E-state index is 11.2. The lowest BCUT2D eigenvalue weighted by Crippen LogP contribution is -2.31. The number of hydrogen-bond donors (Lipinski definition) is 1. The van der Waals surface area contributed by atoms with E-state index in [9.17, 15) is 4.79 Å². The zero-order valence-corrected chi connectivity index (χ0v) is 6.27. The summed E-state index contributed by atoms with van der Waals surface area (Å²) in [4.78, 5) is 18.7. The zero-order valence-electron chi connectivity index (χ0n) is 6.27. The molecule has 0 bridgehead atoms. The highest BCUT2D eigenvalue weighted by molar-refractivity contribution is 6.18. The molecule has 4 heteroatoms. The van der Waals surface area contributed by atoms with E-state index in [1.54, 1.807) is 18.2 Å². The molecule has 4 nitrogen and oxygen atoms in total. The summed E-state index contributed by atoms with van der Waals surface area (Å²) in [5, 5.41) is 0. The summed E-state index contributed by atoms with van der Waals surface area (Å²) >= 11 is 0. The normalized spacial score (nSPS) is 26.3. The number of carbonyl (C=O) groups excluding carboxylic acids is 1. The first-order chi connectivity index (χ1) is 5.79. The quantitative estimate of drug-likeness (QED) is 0.544. The average Bonchev–Trinajstić information content (AvgIpc) is 2.04. The molecule has 0 radical (unpaired) electrons. The number of rotatable bonds is 0. The minimum absolute atomic E-state index is 0.238. The highest BCUT2D eigenvalue weighted by atomic mass is 16.1. The van der Waals surface area contributed by atoms with Crippen molar-refractivity contribution < 1.29 is 4.79 Å². The Labute approximate surface area is 69.2 Å². The number of allylic oxidation sites excluding steroid dienone is 3. The SMILES string of the molecule is NC1=CC=CC2=NC=NC(=O)C12. The van der Waals surface area contributed by atoms with Crippen molar-refractivity contribution in [1.29, 1.82) is 0 Å². The lowest BCUT2D eigenvalue weighted by molar-refractivity contribution is -0.118. The van der Waals surface area contributed by atoms with E-state index in [-0.39, 0.29) is 5.91 Å². The molecule has 0 spiro atoms. The van der Waals surface area contributed by atoms with E-state index < -0.39 is 5.92 Å². The molecule has 1 aliphatic heterocycles. The molecule has 1 aliphatic carbocycles. The molecule has 0 fully saturated rings. The summed E-state index contributed by atoms with van der Waals surface area (Å²) in [6.45, 7) is 0. The van der Waals surface area contributed by atoms with Gasteiger partial charge < -0.3 is 5.73 Å². The molecular formula is C8H7N3O. The van der Waals surface area contributed by atoms with Crippen LogP contribution in [0.4, 0.5) is 0 Å². The Bertz CT molecular complexity index is 349. The Morgan fingerprint density at radius 1 is 1.50 bits per heavy atom. The van der Waals surface area contributed by atoms with Gasteiger partial charge >= 0.3 is 0 Å². The Kier molecular flexibility index (Phi) is 1.40. The first kappa shape index (κ1) is 6.97. The zero-order chi connectivity index (χ0) is 8.55. The van der Waals surface area contributed by atoms with Gasteiger partial charge in [0.25, 0.3) is 5.91 Å². The standard InChI is InChI=1S/C8H7N3O/c9-5-2-1-3-6-7(5)8(12)11-4-10-6/h1-4,7H,9H2. The number of carbonyl (C=O) groups is 1. The number of hydrogen-bond acceptors (Lipinski definition) is 3. The predicted octanol–water partition coefficient (Wildman–Crippen LogP) is 0.0245. The van der Waals surface area contributed by atoms with E-state index >= 15 is 0 Å². The number of aliphatic imine (C=N–C) groups is 2.